The molecule has 1 fully saturated rings. The second-order valence-corrected chi connectivity index (χ2v) is 5.64. The van der Waals surface area contributed by atoms with Crippen LogP contribution < -0.4 is 14.8 Å². The highest BCUT2D eigenvalue weighted by Gasteiger charge is 2.39. The van der Waals surface area contributed by atoms with E-state index in [4.69, 9.17) is 9.47 Å². The van der Waals surface area contributed by atoms with Gasteiger partial charge in [0.15, 0.2) is 11.5 Å². The lowest BCUT2D eigenvalue weighted by atomic mass is 10.2. The third-order valence-corrected chi connectivity index (χ3v) is 3.99. The van der Waals surface area contributed by atoms with Crippen LogP contribution in [-0.4, -0.2) is 19.1 Å². The van der Waals surface area contributed by atoms with Crippen molar-refractivity contribution in [3.8, 4) is 11.5 Å². The van der Waals surface area contributed by atoms with Gasteiger partial charge in [0.1, 0.15) is 13.2 Å². The molecule has 0 saturated heterocycles. The van der Waals surface area contributed by atoms with Crippen LogP contribution in [0.2, 0.25) is 0 Å². The summed E-state index contributed by atoms with van der Waals surface area (Å²) in [5.74, 6) is 2.14. The van der Waals surface area contributed by atoms with Crippen molar-refractivity contribution in [2.75, 3.05) is 18.5 Å². The number of fused-ring (bicyclic) bond motifs is 1. The molecule has 4 nitrogen and oxygen atoms in total. The summed E-state index contributed by atoms with van der Waals surface area (Å²) in [5, 5.41) is 2.93. The van der Waals surface area contributed by atoms with Crippen molar-refractivity contribution in [1.82, 2.24) is 0 Å². The van der Waals surface area contributed by atoms with Crippen LogP contribution in [0.15, 0.2) is 16.6 Å². The molecule has 0 spiro atoms. The molecule has 18 heavy (non-hydrogen) atoms. The molecule has 1 aromatic carbocycles. The number of carbonyl (C=O) groups is 1. The maximum Gasteiger partial charge on any atom is 0.227 e. The van der Waals surface area contributed by atoms with Gasteiger partial charge in [-0.15, -0.1) is 0 Å². The van der Waals surface area contributed by atoms with E-state index in [1.807, 2.05) is 12.1 Å². The van der Waals surface area contributed by atoms with Crippen molar-refractivity contribution in [3.05, 3.63) is 16.6 Å². The molecule has 1 aromatic rings. The molecule has 0 radical (unpaired) electrons. The first-order valence-electron chi connectivity index (χ1n) is 6.05. The Morgan fingerprint density at radius 2 is 1.94 bits per heavy atom. The second kappa shape index (κ2) is 4.46. The summed E-state index contributed by atoms with van der Waals surface area (Å²) in [7, 11) is 0. The van der Waals surface area contributed by atoms with E-state index in [9.17, 15) is 4.79 Å². The summed E-state index contributed by atoms with van der Waals surface area (Å²) in [6.07, 6.45) is 0.980. The van der Waals surface area contributed by atoms with Crippen LogP contribution in [0.5, 0.6) is 11.5 Å². The third kappa shape index (κ3) is 2.19. The number of amides is 1. The van der Waals surface area contributed by atoms with Crippen molar-refractivity contribution in [3.63, 3.8) is 0 Å². The monoisotopic (exact) mass is 311 g/mol. The molecular weight excluding hydrogens is 298 g/mol. The molecule has 1 aliphatic carbocycles. The Bertz CT molecular complexity index is 503. The highest BCUT2D eigenvalue weighted by Crippen LogP contribution is 2.41. The van der Waals surface area contributed by atoms with Crippen LogP contribution in [0.25, 0.3) is 0 Å². The fourth-order valence-corrected chi connectivity index (χ4v) is 2.49. The number of halogens is 1. The largest absolute Gasteiger partial charge is 0.486 e. The zero-order chi connectivity index (χ0) is 12.7. The van der Waals surface area contributed by atoms with Crippen LogP contribution in [0, 0.1) is 11.8 Å². The van der Waals surface area contributed by atoms with Crippen LogP contribution in [-0.2, 0) is 4.79 Å². The Hall–Kier alpha value is -1.23. The maximum absolute atomic E-state index is 11.9. The molecular formula is C13H14BrNO3. The number of benzene rings is 1. The minimum atomic E-state index is 0.0832. The first-order chi connectivity index (χ1) is 8.65. The Morgan fingerprint density at radius 3 is 2.56 bits per heavy atom. The van der Waals surface area contributed by atoms with E-state index in [-0.39, 0.29) is 11.8 Å². The smallest absolute Gasteiger partial charge is 0.227 e. The predicted octanol–water partition coefficient (Wildman–Crippen LogP) is 2.81. The lowest BCUT2D eigenvalue weighted by Gasteiger charge is -2.20. The zero-order valence-electron chi connectivity index (χ0n) is 10.0. The zero-order valence-corrected chi connectivity index (χ0v) is 11.6. The molecule has 1 saturated carbocycles. The Morgan fingerprint density at radius 1 is 1.33 bits per heavy atom. The average Bonchev–Trinajstić information content (AvgIpc) is 3.07. The van der Waals surface area contributed by atoms with E-state index >= 15 is 0 Å². The van der Waals surface area contributed by atoms with Crippen LogP contribution >= 0.6 is 15.9 Å². The van der Waals surface area contributed by atoms with Gasteiger partial charge in [-0.3, -0.25) is 4.79 Å². The summed E-state index contributed by atoms with van der Waals surface area (Å²) in [5.41, 5.74) is 0.739. The summed E-state index contributed by atoms with van der Waals surface area (Å²) in [6.45, 7) is 3.19. The molecule has 5 heteroatoms. The number of hydrogen-bond donors (Lipinski definition) is 1. The molecule has 0 aromatic heterocycles. The Balaban J connectivity index is 1.81. The molecule has 0 bridgehead atoms. The van der Waals surface area contributed by atoms with Gasteiger partial charge in [-0.05, 0) is 28.3 Å². The fourth-order valence-electron chi connectivity index (χ4n) is 2.07. The Labute approximate surface area is 114 Å². The first kappa shape index (κ1) is 11.8. The van der Waals surface area contributed by atoms with Gasteiger partial charge in [0, 0.05) is 22.5 Å². The highest BCUT2D eigenvalue weighted by atomic mass is 79.9. The third-order valence-electron chi connectivity index (χ3n) is 3.34. The van der Waals surface area contributed by atoms with E-state index in [0.717, 1.165) is 16.6 Å². The fraction of sp³-hybridized carbons (Fsp3) is 0.462. The van der Waals surface area contributed by atoms with Gasteiger partial charge in [-0.2, -0.15) is 0 Å². The number of anilines is 1. The number of ether oxygens (including phenoxy) is 2. The lowest BCUT2D eigenvalue weighted by molar-refractivity contribution is -0.117. The number of nitrogens with one attached hydrogen (secondary N) is 1. The standard InChI is InChI=1S/C13H14BrNO3/c1-7-4-8(7)13(16)15-10-6-12-11(5-9(10)14)17-2-3-18-12/h5-8H,2-4H2,1H3,(H,15,16)/t7-,8-/m1/s1. The second-order valence-electron chi connectivity index (χ2n) is 4.78. The average molecular weight is 312 g/mol. The quantitative estimate of drug-likeness (QED) is 0.913. The predicted molar refractivity (Wildman–Crippen MR) is 71.0 cm³/mol. The lowest BCUT2D eigenvalue weighted by Crippen LogP contribution is -2.17. The normalized spacial score (nSPS) is 24.6. The molecule has 1 aliphatic heterocycles. The molecule has 2 atom stereocenters. The highest BCUT2D eigenvalue weighted by molar-refractivity contribution is 9.10. The molecule has 1 heterocycles. The van der Waals surface area contributed by atoms with E-state index in [1.54, 1.807) is 0 Å². The van der Waals surface area contributed by atoms with Crippen LogP contribution in [0.4, 0.5) is 5.69 Å². The summed E-state index contributed by atoms with van der Waals surface area (Å²) >= 11 is 3.44. The van der Waals surface area contributed by atoms with Crippen molar-refractivity contribution < 1.29 is 14.3 Å². The molecule has 1 N–H and O–H groups in total. The molecule has 96 valence electrons. The van der Waals surface area contributed by atoms with Gasteiger partial charge in [-0.1, -0.05) is 6.92 Å². The Kier molecular flexibility index (Phi) is 2.93. The van der Waals surface area contributed by atoms with Gasteiger partial charge >= 0.3 is 0 Å². The van der Waals surface area contributed by atoms with Crippen molar-refractivity contribution >= 4 is 27.5 Å². The summed E-state index contributed by atoms with van der Waals surface area (Å²) < 4.78 is 11.8. The summed E-state index contributed by atoms with van der Waals surface area (Å²) in [6, 6.07) is 3.64. The molecule has 2 aliphatic rings. The maximum atomic E-state index is 11.9. The van der Waals surface area contributed by atoms with Crippen molar-refractivity contribution in [2.45, 2.75) is 13.3 Å². The number of hydrogen-bond acceptors (Lipinski definition) is 3. The number of carbonyl (C=O) groups excluding carboxylic acids is 1. The minimum absolute atomic E-state index is 0.0832. The molecule has 1 amide bonds. The van der Waals surface area contributed by atoms with E-state index in [0.29, 0.717) is 30.6 Å². The molecule has 3 rings (SSSR count). The van der Waals surface area contributed by atoms with Crippen LogP contribution in [0.3, 0.4) is 0 Å². The minimum Gasteiger partial charge on any atom is -0.486 e. The van der Waals surface area contributed by atoms with E-state index in [2.05, 4.69) is 28.2 Å². The van der Waals surface area contributed by atoms with Gasteiger partial charge in [0.25, 0.3) is 0 Å². The van der Waals surface area contributed by atoms with E-state index < -0.39 is 0 Å². The number of rotatable bonds is 2. The van der Waals surface area contributed by atoms with Crippen LogP contribution in [0.1, 0.15) is 13.3 Å². The van der Waals surface area contributed by atoms with Crippen molar-refractivity contribution in [2.24, 2.45) is 11.8 Å². The molecule has 0 unspecified atom stereocenters. The van der Waals surface area contributed by atoms with E-state index in [1.165, 1.54) is 0 Å². The summed E-state index contributed by atoms with van der Waals surface area (Å²) in [4.78, 5) is 11.9. The van der Waals surface area contributed by atoms with Gasteiger partial charge < -0.3 is 14.8 Å². The first-order valence-corrected chi connectivity index (χ1v) is 6.84. The SMILES string of the molecule is C[C@@H]1C[C@H]1C(=O)Nc1cc2c(cc1Br)OCCO2. The van der Waals surface area contributed by atoms with Crippen molar-refractivity contribution in [1.29, 1.82) is 0 Å². The van der Waals surface area contributed by atoms with Gasteiger partial charge in [-0.25, -0.2) is 0 Å². The van der Waals surface area contributed by atoms with Gasteiger partial charge in [0.05, 0.1) is 5.69 Å². The topological polar surface area (TPSA) is 47.6 Å². The van der Waals surface area contributed by atoms with Gasteiger partial charge in [0.2, 0.25) is 5.91 Å².